The molecule has 1 aromatic carbocycles. The molecule has 1 aromatic rings. The van der Waals surface area contributed by atoms with Crippen LogP contribution in [0.2, 0.25) is 10.0 Å². The number of carboxylic acid groups (broad SMARTS) is 1. The van der Waals surface area contributed by atoms with Crippen LogP contribution in [-0.2, 0) is 17.8 Å². The maximum absolute atomic E-state index is 12.5. The highest BCUT2D eigenvalue weighted by molar-refractivity contribution is 6.35. The monoisotopic (exact) mass is 370 g/mol. The van der Waals surface area contributed by atoms with Gasteiger partial charge in [-0.3, -0.25) is 4.79 Å². The number of fused-ring (bicyclic) bond motifs is 1. The van der Waals surface area contributed by atoms with Crippen LogP contribution in [0.15, 0.2) is 12.1 Å². The van der Waals surface area contributed by atoms with Gasteiger partial charge in [-0.25, -0.2) is 4.79 Å². The molecule has 2 amide bonds. The zero-order valence-electron chi connectivity index (χ0n) is 13.2. The first-order valence-corrected chi connectivity index (χ1v) is 8.94. The van der Waals surface area contributed by atoms with Gasteiger partial charge >= 0.3 is 12.0 Å². The number of nitrogens with one attached hydrogen (secondary N) is 1. The number of hydrogen-bond acceptors (Lipinski definition) is 2. The molecule has 3 rings (SSSR count). The van der Waals surface area contributed by atoms with Crippen LogP contribution in [0.3, 0.4) is 0 Å². The third kappa shape index (κ3) is 3.78. The summed E-state index contributed by atoms with van der Waals surface area (Å²) in [5.74, 6) is -1.01. The Labute approximate surface area is 150 Å². The number of nitrogens with zero attached hydrogens (tertiary/aromatic N) is 1. The predicted molar refractivity (Wildman–Crippen MR) is 92.5 cm³/mol. The van der Waals surface area contributed by atoms with E-state index in [1.165, 1.54) is 0 Å². The van der Waals surface area contributed by atoms with E-state index in [9.17, 15) is 9.59 Å². The number of carbonyl (C=O) groups excluding carboxylic acids is 1. The highest BCUT2D eigenvalue weighted by Gasteiger charge is 2.29. The molecule has 24 heavy (non-hydrogen) atoms. The quantitative estimate of drug-likeness (QED) is 0.833. The number of urea groups is 1. The Kier molecular flexibility index (Phi) is 5.21. The number of benzene rings is 1. The highest BCUT2D eigenvalue weighted by atomic mass is 35.5. The maximum atomic E-state index is 12.5. The van der Waals surface area contributed by atoms with E-state index in [2.05, 4.69) is 5.32 Å². The maximum Gasteiger partial charge on any atom is 0.317 e. The van der Waals surface area contributed by atoms with Gasteiger partial charge in [0.1, 0.15) is 0 Å². The van der Waals surface area contributed by atoms with Gasteiger partial charge in [-0.15, -0.1) is 0 Å². The minimum absolute atomic E-state index is 0.0532. The van der Waals surface area contributed by atoms with Crippen LogP contribution in [0, 0.1) is 5.92 Å². The molecule has 0 atom stereocenters. The van der Waals surface area contributed by atoms with Crippen LogP contribution >= 0.6 is 23.2 Å². The van der Waals surface area contributed by atoms with E-state index in [4.69, 9.17) is 28.3 Å². The molecule has 5 nitrogen and oxygen atoms in total. The van der Waals surface area contributed by atoms with Crippen LogP contribution in [0.25, 0.3) is 0 Å². The lowest BCUT2D eigenvalue weighted by Gasteiger charge is -2.33. The third-order valence-electron chi connectivity index (χ3n) is 4.94. The van der Waals surface area contributed by atoms with Crippen molar-refractivity contribution in [2.24, 2.45) is 5.92 Å². The normalized spacial score (nSPS) is 23.5. The summed E-state index contributed by atoms with van der Waals surface area (Å²) in [7, 11) is 0. The lowest BCUT2D eigenvalue weighted by atomic mass is 9.86. The Morgan fingerprint density at radius 2 is 1.88 bits per heavy atom. The van der Waals surface area contributed by atoms with Crippen molar-refractivity contribution in [3.63, 3.8) is 0 Å². The van der Waals surface area contributed by atoms with Crippen molar-refractivity contribution >= 4 is 35.2 Å². The first-order chi connectivity index (χ1) is 11.4. The number of amides is 2. The Bertz CT molecular complexity index is 657. The van der Waals surface area contributed by atoms with Gasteiger partial charge in [-0.2, -0.15) is 0 Å². The van der Waals surface area contributed by atoms with Gasteiger partial charge in [0, 0.05) is 29.2 Å². The predicted octanol–water partition coefficient (Wildman–Crippen LogP) is 3.70. The molecule has 2 aliphatic rings. The van der Waals surface area contributed by atoms with E-state index in [-0.39, 0.29) is 18.0 Å². The number of aliphatic carboxylic acids is 1. The Hall–Kier alpha value is -1.46. The Balaban J connectivity index is 1.58. The molecule has 7 heteroatoms. The minimum atomic E-state index is -0.735. The van der Waals surface area contributed by atoms with Crippen molar-refractivity contribution in [1.82, 2.24) is 10.2 Å². The van der Waals surface area contributed by atoms with Gasteiger partial charge in [-0.05, 0) is 55.4 Å². The van der Waals surface area contributed by atoms with Gasteiger partial charge in [-0.1, -0.05) is 23.2 Å². The number of carbonyl (C=O) groups is 2. The molecule has 0 bridgehead atoms. The van der Waals surface area contributed by atoms with Gasteiger partial charge < -0.3 is 15.3 Å². The van der Waals surface area contributed by atoms with E-state index >= 15 is 0 Å². The molecule has 1 aliphatic heterocycles. The fraction of sp³-hybridized carbons (Fsp3) is 0.529. The van der Waals surface area contributed by atoms with Crippen molar-refractivity contribution in [2.45, 2.75) is 44.7 Å². The van der Waals surface area contributed by atoms with E-state index < -0.39 is 5.97 Å². The first kappa shape index (κ1) is 17.4. The van der Waals surface area contributed by atoms with E-state index in [0.717, 1.165) is 11.1 Å². The molecule has 0 saturated heterocycles. The molecule has 0 spiro atoms. The lowest BCUT2D eigenvalue weighted by molar-refractivity contribution is -0.142. The van der Waals surface area contributed by atoms with Crippen molar-refractivity contribution in [2.75, 3.05) is 6.54 Å². The van der Waals surface area contributed by atoms with E-state index in [1.807, 2.05) is 6.07 Å². The van der Waals surface area contributed by atoms with Gasteiger partial charge in [0.2, 0.25) is 0 Å². The Morgan fingerprint density at radius 3 is 2.54 bits per heavy atom. The average molecular weight is 371 g/mol. The standard InChI is InChI=1S/C17H20Cl2N2O3/c18-12-7-11-9-21(6-5-14(11)15(19)8-12)17(24)20-13-3-1-10(2-4-13)16(22)23/h7-8,10,13H,1-6,9H2,(H,20,24)(H,22,23). The first-order valence-electron chi connectivity index (χ1n) is 8.19. The fourth-order valence-electron chi connectivity index (χ4n) is 3.53. The second-order valence-electron chi connectivity index (χ2n) is 6.53. The van der Waals surface area contributed by atoms with Crippen molar-refractivity contribution in [3.05, 3.63) is 33.3 Å². The third-order valence-corrected chi connectivity index (χ3v) is 5.49. The van der Waals surface area contributed by atoms with Gasteiger partial charge in [0.25, 0.3) is 0 Å². The fourth-order valence-corrected chi connectivity index (χ4v) is 4.16. The molecule has 1 heterocycles. The number of hydrogen-bond donors (Lipinski definition) is 2. The zero-order valence-corrected chi connectivity index (χ0v) is 14.7. The molecular weight excluding hydrogens is 351 g/mol. The van der Waals surface area contributed by atoms with Crippen molar-refractivity contribution in [3.8, 4) is 0 Å². The summed E-state index contributed by atoms with van der Waals surface area (Å²) in [5, 5.41) is 13.3. The van der Waals surface area contributed by atoms with E-state index in [1.54, 1.807) is 11.0 Å². The van der Waals surface area contributed by atoms with Gasteiger partial charge in [0.05, 0.1) is 5.92 Å². The molecule has 0 radical (unpaired) electrons. The average Bonchev–Trinajstić information content (AvgIpc) is 2.54. The smallest absolute Gasteiger partial charge is 0.317 e. The van der Waals surface area contributed by atoms with Crippen LogP contribution in [0.5, 0.6) is 0 Å². The molecule has 2 N–H and O–H groups in total. The second-order valence-corrected chi connectivity index (χ2v) is 7.38. The highest BCUT2D eigenvalue weighted by Crippen LogP contribution is 2.30. The second kappa shape index (κ2) is 7.19. The SMILES string of the molecule is O=C(O)C1CCC(NC(=O)N2CCc3c(Cl)cc(Cl)cc3C2)CC1. The molecule has 1 fully saturated rings. The summed E-state index contributed by atoms with van der Waals surface area (Å²) in [4.78, 5) is 25.2. The molecular formula is C17H20Cl2N2O3. The summed E-state index contributed by atoms with van der Waals surface area (Å²) in [6.45, 7) is 1.11. The molecule has 1 aliphatic carbocycles. The lowest BCUT2D eigenvalue weighted by Crippen LogP contribution is -2.47. The summed E-state index contributed by atoms with van der Waals surface area (Å²) < 4.78 is 0. The van der Waals surface area contributed by atoms with Crippen LogP contribution in [0.4, 0.5) is 4.79 Å². The van der Waals surface area contributed by atoms with Gasteiger partial charge in [0.15, 0.2) is 0 Å². The molecule has 0 aromatic heterocycles. The number of rotatable bonds is 2. The van der Waals surface area contributed by atoms with Crippen molar-refractivity contribution in [1.29, 1.82) is 0 Å². The zero-order chi connectivity index (χ0) is 17.3. The largest absolute Gasteiger partial charge is 0.481 e. The minimum Gasteiger partial charge on any atom is -0.481 e. The molecule has 1 saturated carbocycles. The number of halogens is 2. The molecule has 130 valence electrons. The van der Waals surface area contributed by atoms with Crippen LogP contribution < -0.4 is 5.32 Å². The molecule has 0 unspecified atom stereocenters. The summed E-state index contributed by atoms with van der Waals surface area (Å²) >= 11 is 12.3. The topological polar surface area (TPSA) is 69.6 Å². The van der Waals surface area contributed by atoms with Crippen LogP contribution in [0.1, 0.15) is 36.8 Å². The van der Waals surface area contributed by atoms with E-state index in [0.29, 0.717) is 55.2 Å². The summed E-state index contributed by atoms with van der Waals surface area (Å²) in [5.41, 5.74) is 2.05. The van der Waals surface area contributed by atoms with Crippen molar-refractivity contribution < 1.29 is 14.7 Å². The number of carboxylic acids is 1. The Morgan fingerprint density at radius 1 is 1.17 bits per heavy atom. The van der Waals surface area contributed by atoms with Crippen LogP contribution in [-0.4, -0.2) is 34.6 Å². The summed E-state index contributed by atoms with van der Waals surface area (Å²) in [6, 6.07) is 3.55. The summed E-state index contributed by atoms with van der Waals surface area (Å²) in [6.07, 6.45) is 3.38.